The summed E-state index contributed by atoms with van der Waals surface area (Å²) in [5.74, 6) is -1.02. The van der Waals surface area contributed by atoms with E-state index in [4.69, 9.17) is 9.90 Å². The fraction of sp³-hybridized carbons (Fsp3) is 0.0500. The number of thiophene rings is 1. The Morgan fingerprint density at radius 1 is 1.18 bits per heavy atom. The third-order valence-electron chi connectivity index (χ3n) is 3.72. The second-order valence-electron chi connectivity index (χ2n) is 6.03. The quantitative estimate of drug-likeness (QED) is 0.488. The number of thioether (sulfide) groups is 1. The van der Waals surface area contributed by atoms with Gasteiger partial charge < -0.3 is 5.11 Å². The monoisotopic (exact) mass is 418 g/mol. The zero-order valence-electron chi connectivity index (χ0n) is 15.3. The second-order valence-corrected chi connectivity index (χ2v) is 9.13. The molecule has 0 bridgehead atoms. The SMILES string of the molecule is CC(=O)O.O=C1N=C(Nc2cc[c]([Na])cc2)S/C1=C/c1csc2ccccc12. The zero-order valence-corrected chi connectivity index (χ0v) is 18.9. The number of carboxylic acids is 1. The van der Waals surface area contributed by atoms with Crippen molar-refractivity contribution in [3.05, 3.63) is 64.4 Å². The van der Waals surface area contributed by atoms with Crippen molar-refractivity contribution in [3.8, 4) is 0 Å². The van der Waals surface area contributed by atoms with Gasteiger partial charge in [0, 0.05) is 6.92 Å². The molecule has 3 aromatic rings. The van der Waals surface area contributed by atoms with E-state index in [-0.39, 0.29) is 5.91 Å². The van der Waals surface area contributed by atoms with Crippen LogP contribution in [0, 0.1) is 0 Å². The topological polar surface area (TPSA) is 78.8 Å². The Kier molecular flexibility index (Phi) is 7.09. The van der Waals surface area contributed by atoms with Crippen LogP contribution in [-0.4, -0.2) is 50.1 Å². The molecule has 0 saturated heterocycles. The Labute approximate surface area is 188 Å². The summed E-state index contributed by atoms with van der Waals surface area (Å²) < 4.78 is 2.56. The number of hydrogen-bond acceptors (Lipinski definition) is 5. The van der Waals surface area contributed by atoms with E-state index in [9.17, 15) is 4.79 Å². The second kappa shape index (κ2) is 9.54. The van der Waals surface area contributed by atoms with Gasteiger partial charge in [-0.2, -0.15) is 0 Å². The molecule has 0 atom stereocenters. The molecule has 0 aliphatic carbocycles. The van der Waals surface area contributed by atoms with E-state index in [0.717, 1.165) is 46.1 Å². The molecule has 1 aliphatic rings. The van der Waals surface area contributed by atoms with E-state index in [1.54, 1.807) is 11.3 Å². The van der Waals surface area contributed by atoms with Gasteiger partial charge in [0.25, 0.3) is 5.97 Å². The first-order chi connectivity index (χ1) is 13.4. The van der Waals surface area contributed by atoms with Gasteiger partial charge in [-0.1, -0.05) is 12.1 Å². The van der Waals surface area contributed by atoms with E-state index < -0.39 is 5.97 Å². The Balaban J connectivity index is 0.000000516. The summed E-state index contributed by atoms with van der Waals surface area (Å²) in [6.45, 7) is 1.08. The summed E-state index contributed by atoms with van der Waals surface area (Å²) in [6.07, 6.45) is 1.94. The predicted octanol–water partition coefficient (Wildman–Crippen LogP) is 3.87. The molecule has 1 aromatic heterocycles. The number of aliphatic imine (C=N–C) groups is 1. The molecule has 2 aromatic carbocycles. The number of carboxylic acid groups (broad SMARTS) is 1. The molecule has 136 valence electrons. The first-order valence-corrected chi connectivity index (χ1v) is 11.1. The minimum absolute atomic E-state index is 0.183. The number of carbonyl (C=O) groups is 2. The Morgan fingerprint density at radius 3 is 2.57 bits per heavy atom. The van der Waals surface area contributed by atoms with Crippen molar-refractivity contribution < 1.29 is 14.7 Å². The number of hydrogen-bond donors (Lipinski definition) is 2. The molecule has 4 rings (SSSR count). The number of nitrogens with one attached hydrogen (secondary N) is 1. The number of nitrogens with zero attached hydrogens (tertiary/aromatic N) is 1. The van der Waals surface area contributed by atoms with E-state index in [1.807, 2.05) is 30.3 Å². The fourth-order valence-electron chi connectivity index (χ4n) is 2.47. The average Bonchev–Trinajstić information content (AvgIpc) is 3.21. The molecule has 0 saturated carbocycles. The van der Waals surface area contributed by atoms with Gasteiger partial charge in [-0.15, -0.1) is 0 Å². The maximum absolute atomic E-state index is 12.2. The van der Waals surface area contributed by atoms with Crippen LogP contribution in [0.25, 0.3) is 16.2 Å². The fourth-order valence-corrected chi connectivity index (χ4v) is 4.55. The molecule has 5 nitrogen and oxygen atoms in total. The number of benzene rings is 2. The van der Waals surface area contributed by atoms with Gasteiger partial charge in [0.1, 0.15) is 0 Å². The van der Waals surface area contributed by atoms with Crippen LogP contribution in [0.4, 0.5) is 5.69 Å². The molecule has 1 amide bonds. The molecule has 0 spiro atoms. The van der Waals surface area contributed by atoms with Crippen molar-refractivity contribution in [1.82, 2.24) is 0 Å². The standard InChI is InChI=1S/C18H11N2OS2.C2H4O2.Na/c21-17-16(10-12-11-22-15-9-5-4-8-14(12)15)23-18(20-17)19-13-6-2-1-3-7-13;1-2(3)4;/h2-11H,(H,19,20,21);1H3,(H,3,4);/b16-10+;;. The van der Waals surface area contributed by atoms with E-state index in [0.29, 0.717) is 10.1 Å². The molecule has 2 heterocycles. The van der Waals surface area contributed by atoms with Crippen LogP contribution in [-0.2, 0) is 9.59 Å². The number of anilines is 1. The predicted molar refractivity (Wildman–Crippen MR) is 119 cm³/mol. The molecule has 0 fully saturated rings. The van der Waals surface area contributed by atoms with Crippen molar-refractivity contribution >= 4 is 92.7 Å². The van der Waals surface area contributed by atoms with Crippen LogP contribution in [0.2, 0.25) is 0 Å². The first kappa shape index (κ1) is 20.8. The van der Waals surface area contributed by atoms with Gasteiger partial charge in [0.15, 0.2) is 0 Å². The number of rotatable bonds is 2. The van der Waals surface area contributed by atoms with Crippen molar-refractivity contribution in [2.75, 3.05) is 5.32 Å². The van der Waals surface area contributed by atoms with Crippen LogP contribution in [0.5, 0.6) is 0 Å². The number of amides is 1. The molecule has 0 radical (unpaired) electrons. The summed E-state index contributed by atoms with van der Waals surface area (Å²) in [5, 5.41) is 14.5. The third-order valence-corrected chi connectivity index (χ3v) is 6.27. The molecular formula is C20H15N2NaO3S2. The first-order valence-electron chi connectivity index (χ1n) is 8.44. The summed E-state index contributed by atoms with van der Waals surface area (Å²) in [4.78, 5) is 26.0. The Hall–Kier alpha value is -1.90. The number of carbonyl (C=O) groups excluding carboxylic acids is 1. The van der Waals surface area contributed by atoms with Gasteiger partial charge in [0.2, 0.25) is 0 Å². The Bertz CT molecular complexity index is 1080. The van der Waals surface area contributed by atoms with Crippen LogP contribution in [0.1, 0.15) is 12.5 Å². The molecule has 28 heavy (non-hydrogen) atoms. The van der Waals surface area contributed by atoms with Crippen LogP contribution >= 0.6 is 23.1 Å². The van der Waals surface area contributed by atoms with Crippen molar-refractivity contribution in [3.63, 3.8) is 0 Å². The Morgan fingerprint density at radius 2 is 1.86 bits per heavy atom. The van der Waals surface area contributed by atoms with Gasteiger partial charge in [0.05, 0.1) is 0 Å². The van der Waals surface area contributed by atoms with Crippen molar-refractivity contribution in [2.24, 2.45) is 4.99 Å². The van der Waals surface area contributed by atoms with Crippen LogP contribution in [0.15, 0.2) is 63.8 Å². The number of aliphatic carboxylic acids is 1. The summed E-state index contributed by atoms with van der Waals surface area (Å²) in [7, 11) is 0. The zero-order chi connectivity index (χ0) is 20.1. The van der Waals surface area contributed by atoms with E-state index in [1.165, 1.54) is 24.7 Å². The summed E-state index contributed by atoms with van der Waals surface area (Å²) in [6, 6.07) is 16.4. The van der Waals surface area contributed by atoms with Gasteiger partial charge in [-0.25, -0.2) is 0 Å². The molecule has 0 unspecified atom stereocenters. The molecule has 2 N–H and O–H groups in total. The molecule has 8 heteroatoms. The van der Waals surface area contributed by atoms with Crippen molar-refractivity contribution in [1.29, 1.82) is 0 Å². The number of fused-ring (bicyclic) bond motifs is 1. The molecule has 1 aliphatic heterocycles. The summed E-state index contributed by atoms with van der Waals surface area (Å²) >= 11 is 4.11. The normalized spacial score (nSPS) is 14.6. The van der Waals surface area contributed by atoms with Crippen LogP contribution in [0.3, 0.4) is 0 Å². The van der Waals surface area contributed by atoms with E-state index in [2.05, 4.69) is 40.0 Å². The summed E-state index contributed by atoms with van der Waals surface area (Å²) in [5.41, 5.74) is 2.03. The van der Waals surface area contributed by atoms with Crippen molar-refractivity contribution in [2.45, 2.75) is 6.92 Å². The average molecular weight is 418 g/mol. The van der Waals surface area contributed by atoms with Crippen LogP contribution < -0.4 is 8.13 Å². The molecular weight excluding hydrogens is 403 g/mol. The van der Waals surface area contributed by atoms with Gasteiger partial charge in [-0.05, 0) is 6.07 Å². The van der Waals surface area contributed by atoms with Gasteiger partial charge >= 0.3 is 148 Å². The van der Waals surface area contributed by atoms with Gasteiger partial charge in [-0.3, -0.25) is 4.79 Å². The maximum atomic E-state index is 12.2. The van der Waals surface area contributed by atoms with E-state index >= 15 is 0 Å². The minimum atomic E-state index is -0.833. The third kappa shape index (κ3) is 5.56. The number of amidine groups is 1.